The standard InChI is InChI=1S/C30H24Cl2N2O7/c1-37-23-10-4-20(5-11-23)29(36)41-26-16-3-19(17-27(26)38-2)18-33-34-28(35)30(39-24-12-6-21(31)7-13-24)40-25-14-8-22(32)9-15-25/h3-18,30H,1-2H3,(H,34,35). The van der Waals surface area contributed by atoms with Gasteiger partial charge in [-0.25, -0.2) is 10.2 Å². The van der Waals surface area contributed by atoms with Crippen LogP contribution in [0.15, 0.2) is 96.1 Å². The molecule has 0 saturated heterocycles. The van der Waals surface area contributed by atoms with E-state index in [0.717, 1.165) is 0 Å². The number of nitrogens with zero attached hydrogens (tertiary/aromatic N) is 1. The summed E-state index contributed by atoms with van der Waals surface area (Å²) in [7, 11) is 2.98. The number of esters is 1. The van der Waals surface area contributed by atoms with Crippen LogP contribution in [0.3, 0.4) is 0 Å². The molecule has 0 aliphatic heterocycles. The Bertz CT molecular complexity index is 1460. The van der Waals surface area contributed by atoms with Crippen LogP contribution < -0.4 is 29.1 Å². The zero-order chi connectivity index (χ0) is 29.2. The third kappa shape index (κ3) is 8.38. The Morgan fingerprint density at radius 1 is 0.732 bits per heavy atom. The molecule has 0 bridgehead atoms. The maximum atomic E-state index is 12.9. The van der Waals surface area contributed by atoms with Crippen molar-refractivity contribution in [2.45, 2.75) is 6.29 Å². The van der Waals surface area contributed by atoms with Gasteiger partial charge in [0.15, 0.2) is 11.5 Å². The van der Waals surface area contributed by atoms with Crippen LogP contribution >= 0.6 is 23.2 Å². The second-order valence-electron chi connectivity index (χ2n) is 8.24. The van der Waals surface area contributed by atoms with Gasteiger partial charge in [0.05, 0.1) is 26.0 Å². The summed E-state index contributed by atoms with van der Waals surface area (Å²) in [6.45, 7) is 0. The predicted molar refractivity (Wildman–Crippen MR) is 155 cm³/mol. The highest BCUT2D eigenvalue weighted by molar-refractivity contribution is 6.30. The molecule has 1 amide bonds. The Balaban J connectivity index is 1.43. The molecule has 4 aromatic rings. The first kappa shape index (κ1) is 29.3. The summed E-state index contributed by atoms with van der Waals surface area (Å²) < 4.78 is 27.4. The van der Waals surface area contributed by atoms with Gasteiger partial charge in [-0.05, 0) is 96.6 Å². The van der Waals surface area contributed by atoms with Gasteiger partial charge >= 0.3 is 18.2 Å². The van der Waals surface area contributed by atoms with Gasteiger partial charge in [0.2, 0.25) is 0 Å². The summed E-state index contributed by atoms with van der Waals surface area (Å²) in [5, 5.41) is 5.03. The fourth-order valence-corrected chi connectivity index (χ4v) is 3.61. The number of carbonyl (C=O) groups is 2. The smallest absolute Gasteiger partial charge is 0.343 e. The minimum absolute atomic E-state index is 0.210. The highest BCUT2D eigenvalue weighted by Crippen LogP contribution is 2.29. The van der Waals surface area contributed by atoms with Crippen molar-refractivity contribution in [1.82, 2.24) is 5.43 Å². The molecular weight excluding hydrogens is 571 g/mol. The largest absolute Gasteiger partial charge is 0.497 e. The van der Waals surface area contributed by atoms with Crippen LogP contribution in [0, 0.1) is 0 Å². The number of halogens is 2. The lowest BCUT2D eigenvalue weighted by Crippen LogP contribution is -2.40. The van der Waals surface area contributed by atoms with E-state index in [-0.39, 0.29) is 11.5 Å². The minimum Gasteiger partial charge on any atom is -0.497 e. The van der Waals surface area contributed by atoms with Crippen molar-refractivity contribution in [2.24, 2.45) is 5.10 Å². The molecule has 1 N–H and O–H groups in total. The van der Waals surface area contributed by atoms with Gasteiger partial charge in [-0.15, -0.1) is 0 Å². The summed E-state index contributed by atoms with van der Waals surface area (Å²) in [6, 6.07) is 24.2. The summed E-state index contributed by atoms with van der Waals surface area (Å²) in [5.74, 6) is 0.595. The van der Waals surface area contributed by atoms with Gasteiger partial charge < -0.3 is 23.7 Å². The van der Waals surface area contributed by atoms with Crippen molar-refractivity contribution in [3.63, 3.8) is 0 Å². The molecule has 41 heavy (non-hydrogen) atoms. The summed E-state index contributed by atoms with van der Waals surface area (Å²) >= 11 is 11.9. The van der Waals surface area contributed by atoms with Gasteiger partial charge in [-0.1, -0.05) is 23.2 Å². The molecule has 4 rings (SSSR count). The number of hydrogen-bond acceptors (Lipinski definition) is 8. The number of ether oxygens (including phenoxy) is 5. The Labute approximate surface area is 246 Å². The van der Waals surface area contributed by atoms with E-state index in [4.69, 9.17) is 46.9 Å². The number of benzene rings is 4. The molecule has 0 spiro atoms. The molecule has 11 heteroatoms. The topological polar surface area (TPSA) is 105 Å². The molecule has 0 atom stereocenters. The van der Waals surface area contributed by atoms with E-state index in [1.165, 1.54) is 20.4 Å². The Morgan fingerprint density at radius 2 is 1.29 bits per heavy atom. The fraction of sp³-hybridized carbons (Fsp3) is 0.100. The number of methoxy groups -OCH3 is 2. The van der Waals surface area contributed by atoms with E-state index in [1.807, 2.05) is 0 Å². The molecule has 0 aliphatic rings. The predicted octanol–water partition coefficient (Wildman–Crippen LogP) is 6.16. The second-order valence-corrected chi connectivity index (χ2v) is 9.11. The lowest BCUT2D eigenvalue weighted by atomic mass is 10.2. The second kappa shape index (κ2) is 14.1. The van der Waals surface area contributed by atoms with Crippen LogP contribution in [0.2, 0.25) is 10.0 Å². The number of nitrogens with one attached hydrogen (secondary N) is 1. The van der Waals surface area contributed by atoms with E-state index in [1.54, 1.807) is 91.0 Å². The van der Waals surface area contributed by atoms with Crippen molar-refractivity contribution < 1.29 is 33.3 Å². The molecule has 0 radical (unpaired) electrons. The van der Waals surface area contributed by atoms with Crippen molar-refractivity contribution in [1.29, 1.82) is 0 Å². The monoisotopic (exact) mass is 594 g/mol. The third-order valence-electron chi connectivity index (χ3n) is 5.43. The molecule has 0 unspecified atom stereocenters. The molecule has 9 nitrogen and oxygen atoms in total. The van der Waals surface area contributed by atoms with Gasteiger partial charge in [0.1, 0.15) is 17.2 Å². The van der Waals surface area contributed by atoms with E-state index in [0.29, 0.717) is 38.4 Å². The average Bonchev–Trinajstić information content (AvgIpc) is 2.99. The van der Waals surface area contributed by atoms with Crippen molar-refractivity contribution in [3.8, 4) is 28.7 Å². The van der Waals surface area contributed by atoms with Crippen LogP contribution in [0.1, 0.15) is 15.9 Å². The Morgan fingerprint density at radius 3 is 1.83 bits per heavy atom. The van der Waals surface area contributed by atoms with Crippen LogP contribution in [-0.4, -0.2) is 38.6 Å². The number of rotatable bonds is 11. The SMILES string of the molecule is COc1ccc(C(=O)Oc2ccc(C=NNC(=O)C(Oc3ccc(Cl)cc3)Oc3ccc(Cl)cc3)cc2OC)cc1. The third-order valence-corrected chi connectivity index (χ3v) is 5.94. The first-order valence-electron chi connectivity index (χ1n) is 12.1. The van der Waals surface area contributed by atoms with Crippen molar-refractivity contribution >= 4 is 41.3 Å². The highest BCUT2D eigenvalue weighted by atomic mass is 35.5. The van der Waals surface area contributed by atoms with Gasteiger partial charge in [0.25, 0.3) is 0 Å². The summed E-state index contributed by atoms with van der Waals surface area (Å²) in [4.78, 5) is 25.5. The molecule has 210 valence electrons. The quantitative estimate of drug-likeness (QED) is 0.0728. The first-order chi connectivity index (χ1) is 19.8. The molecule has 0 fully saturated rings. The molecule has 0 heterocycles. The van der Waals surface area contributed by atoms with Crippen LogP contribution in [-0.2, 0) is 4.79 Å². The minimum atomic E-state index is -1.39. The lowest BCUT2D eigenvalue weighted by molar-refractivity contribution is -0.140. The van der Waals surface area contributed by atoms with Crippen LogP contribution in [0.25, 0.3) is 0 Å². The van der Waals surface area contributed by atoms with Crippen LogP contribution in [0.5, 0.6) is 28.7 Å². The summed E-state index contributed by atoms with van der Waals surface area (Å²) in [5.41, 5.74) is 3.30. The van der Waals surface area contributed by atoms with Crippen LogP contribution in [0.4, 0.5) is 0 Å². The molecule has 0 aromatic heterocycles. The van der Waals surface area contributed by atoms with Crippen molar-refractivity contribution in [2.75, 3.05) is 14.2 Å². The van der Waals surface area contributed by atoms with Gasteiger partial charge in [-0.3, -0.25) is 4.79 Å². The van der Waals surface area contributed by atoms with E-state index in [2.05, 4.69) is 10.5 Å². The van der Waals surface area contributed by atoms with E-state index in [9.17, 15) is 9.59 Å². The number of amides is 1. The Kier molecular flexibility index (Phi) is 10.0. The number of hydrazone groups is 1. The zero-order valence-electron chi connectivity index (χ0n) is 21.9. The van der Waals surface area contributed by atoms with Crippen molar-refractivity contribution in [3.05, 3.63) is 112 Å². The number of carbonyl (C=O) groups excluding carboxylic acids is 2. The average molecular weight is 595 g/mol. The van der Waals surface area contributed by atoms with E-state index < -0.39 is 18.2 Å². The normalized spacial score (nSPS) is 10.8. The van der Waals surface area contributed by atoms with E-state index >= 15 is 0 Å². The molecule has 0 aliphatic carbocycles. The molecular formula is C30H24Cl2N2O7. The van der Waals surface area contributed by atoms with Gasteiger partial charge in [-0.2, -0.15) is 5.10 Å². The summed E-state index contributed by atoms with van der Waals surface area (Å²) in [6.07, 6.45) is 0.000658. The zero-order valence-corrected chi connectivity index (χ0v) is 23.4. The highest BCUT2D eigenvalue weighted by Gasteiger charge is 2.23. The Hall–Kier alpha value is -4.73. The number of hydrogen-bond donors (Lipinski definition) is 1. The molecule has 0 saturated carbocycles. The lowest BCUT2D eigenvalue weighted by Gasteiger charge is -2.19. The fourth-order valence-electron chi connectivity index (χ4n) is 3.36. The van der Waals surface area contributed by atoms with Gasteiger partial charge in [0, 0.05) is 10.0 Å². The maximum absolute atomic E-state index is 12.9. The maximum Gasteiger partial charge on any atom is 0.343 e. The molecule has 4 aromatic carbocycles. The first-order valence-corrected chi connectivity index (χ1v) is 12.8.